The predicted octanol–water partition coefficient (Wildman–Crippen LogP) is 4.46. The minimum atomic E-state index is -3.21. The summed E-state index contributed by atoms with van der Waals surface area (Å²) in [5, 5.41) is 0. The Morgan fingerprint density at radius 3 is 2.12 bits per heavy atom. The van der Waals surface area contributed by atoms with Crippen LogP contribution in [0.4, 0.5) is 0 Å². The van der Waals surface area contributed by atoms with Gasteiger partial charge in [-0.15, -0.1) is 0 Å². The van der Waals surface area contributed by atoms with E-state index in [1.54, 1.807) is 18.2 Å². The first-order valence-electron chi connectivity index (χ1n) is 7.75. The van der Waals surface area contributed by atoms with Crippen LogP contribution in [0.25, 0.3) is 0 Å². The van der Waals surface area contributed by atoms with Crippen molar-refractivity contribution in [3.63, 3.8) is 0 Å². The fraction of sp³-hybridized carbons (Fsp3) is 0.100. The summed E-state index contributed by atoms with van der Waals surface area (Å²) in [5.41, 5.74) is 1.09. The lowest BCUT2D eigenvalue weighted by atomic mass is 10.2. The molecule has 0 amide bonds. The van der Waals surface area contributed by atoms with Gasteiger partial charge < -0.3 is 9.47 Å². The van der Waals surface area contributed by atoms with Gasteiger partial charge in [-0.3, -0.25) is 0 Å². The molecule has 3 rings (SSSR count). The number of hydrogen-bond acceptors (Lipinski definition) is 4. The molecule has 4 nitrogen and oxygen atoms in total. The molecule has 0 N–H and O–H groups in total. The molecule has 0 atom stereocenters. The highest BCUT2D eigenvalue weighted by Crippen LogP contribution is 2.26. The van der Waals surface area contributed by atoms with Gasteiger partial charge in [0.15, 0.2) is 9.84 Å². The first-order chi connectivity index (χ1) is 12.0. The molecule has 0 fully saturated rings. The van der Waals surface area contributed by atoms with Crippen molar-refractivity contribution in [3.8, 4) is 17.2 Å². The second kappa shape index (κ2) is 7.40. The van der Waals surface area contributed by atoms with Crippen molar-refractivity contribution < 1.29 is 17.9 Å². The van der Waals surface area contributed by atoms with Crippen molar-refractivity contribution in [3.05, 3.63) is 84.4 Å². The van der Waals surface area contributed by atoms with Crippen molar-refractivity contribution in [2.75, 3.05) is 6.26 Å². The van der Waals surface area contributed by atoms with E-state index >= 15 is 0 Å². The molecule has 0 aliphatic heterocycles. The van der Waals surface area contributed by atoms with Crippen molar-refractivity contribution in [1.29, 1.82) is 0 Å². The lowest BCUT2D eigenvalue weighted by Crippen LogP contribution is -1.96. The van der Waals surface area contributed by atoms with Crippen molar-refractivity contribution in [2.24, 2.45) is 0 Å². The Morgan fingerprint density at radius 2 is 1.44 bits per heavy atom. The minimum absolute atomic E-state index is 0.264. The van der Waals surface area contributed by atoms with E-state index in [1.165, 1.54) is 18.4 Å². The summed E-state index contributed by atoms with van der Waals surface area (Å²) in [6.07, 6.45) is 1.18. The van der Waals surface area contributed by atoms with Gasteiger partial charge in [-0.2, -0.15) is 0 Å². The summed E-state index contributed by atoms with van der Waals surface area (Å²) in [7, 11) is -3.21. The fourth-order valence-electron chi connectivity index (χ4n) is 2.26. The van der Waals surface area contributed by atoms with Crippen LogP contribution in [-0.2, 0) is 16.4 Å². The van der Waals surface area contributed by atoms with E-state index in [0.29, 0.717) is 23.9 Å². The number of benzene rings is 3. The third-order valence-electron chi connectivity index (χ3n) is 3.54. The molecule has 0 radical (unpaired) electrons. The summed E-state index contributed by atoms with van der Waals surface area (Å²) < 4.78 is 34.5. The fourth-order valence-corrected chi connectivity index (χ4v) is 2.89. The van der Waals surface area contributed by atoms with Gasteiger partial charge in [0.25, 0.3) is 0 Å². The van der Waals surface area contributed by atoms with Crippen LogP contribution in [0.3, 0.4) is 0 Å². The highest BCUT2D eigenvalue weighted by Gasteiger charge is 2.07. The van der Waals surface area contributed by atoms with E-state index in [-0.39, 0.29) is 4.90 Å². The normalized spacial score (nSPS) is 11.1. The van der Waals surface area contributed by atoms with Crippen LogP contribution < -0.4 is 9.47 Å². The topological polar surface area (TPSA) is 52.6 Å². The standard InChI is InChI=1S/C20H18O4S/c1-25(21,22)20-12-10-17(11-13-20)24-19-9-5-8-18(14-19)23-15-16-6-3-2-4-7-16/h2-14H,15H2,1H3. The molecule has 0 aromatic heterocycles. The van der Waals surface area contributed by atoms with Crippen LogP contribution in [0.1, 0.15) is 5.56 Å². The van der Waals surface area contributed by atoms with Crippen LogP contribution in [0.5, 0.6) is 17.2 Å². The minimum Gasteiger partial charge on any atom is -0.489 e. The molecule has 0 aliphatic carbocycles. The molecular weight excluding hydrogens is 336 g/mol. The van der Waals surface area contributed by atoms with Gasteiger partial charge in [0.05, 0.1) is 4.90 Å². The zero-order valence-electron chi connectivity index (χ0n) is 13.8. The van der Waals surface area contributed by atoms with Gasteiger partial charge in [0.1, 0.15) is 23.9 Å². The molecule has 0 bridgehead atoms. The molecule has 128 valence electrons. The van der Waals surface area contributed by atoms with Gasteiger partial charge in [-0.05, 0) is 42.0 Å². The Morgan fingerprint density at radius 1 is 0.760 bits per heavy atom. The van der Waals surface area contributed by atoms with Crippen LogP contribution in [-0.4, -0.2) is 14.7 Å². The van der Waals surface area contributed by atoms with Crippen LogP contribution >= 0.6 is 0 Å². The highest BCUT2D eigenvalue weighted by atomic mass is 32.2. The molecule has 0 spiro atoms. The third-order valence-corrected chi connectivity index (χ3v) is 4.67. The average molecular weight is 354 g/mol. The summed E-state index contributed by atoms with van der Waals surface area (Å²) >= 11 is 0. The van der Waals surface area contributed by atoms with Crippen molar-refractivity contribution in [1.82, 2.24) is 0 Å². The maximum Gasteiger partial charge on any atom is 0.175 e. The van der Waals surface area contributed by atoms with E-state index in [4.69, 9.17) is 9.47 Å². The molecule has 0 saturated heterocycles. The van der Waals surface area contributed by atoms with Gasteiger partial charge in [0, 0.05) is 12.3 Å². The number of sulfone groups is 1. The van der Waals surface area contributed by atoms with Gasteiger partial charge >= 0.3 is 0 Å². The molecular formula is C20H18O4S. The Bertz CT molecular complexity index is 933. The Kier molecular flexibility index (Phi) is 5.05. The average Bonchev–Trinajstić information content (AvgIpc) is 2.61. The number of ether oxygens (including phenoxy) is 2. The second-order valence-electron chi connectivity index (χ2n) is 5.59. The van der Waals surface area contributed by atoms with E-state index in [1.807, 2.05) is 48.5 Å². The van der Waals surface area contributed by atoms with E-state index in [2.05, 4.69) is 0 Å². The lowest BCUT2D eigenvalue weighted by molar-refractivity contribution is 0.304. The number of rotatable bonds is 6. The summed E-state index contributed by atoms with van der Waals surface area (Å²) in [6.45, 7) is 0.480. The maximum absolute atomic E-state index is 11.5. The first-order valence-corrected chi connectivity index (χ1v) is 9.65. The molecule has 25 heavy (non-hydrogen) atoms. The Hall–Kier alpha value is -2.79. The zero-order chi connectivity index (χ0) is 17.7. The first kappa shape index (κ1) is 17.0. The monoisotopic (exact) mass is 354 g/mol. The molecule has 0 saturated carbocycles. The van der Waals surface area contributed by atoms with E-state index in [0.717, 1.165) is 5.56 Å². The van der Waals surface area contributed by atoms with Crippen LogP contribution in [0.2, 0.25) is 0 Å². The Balaban J connectivity index is 1.67. The molecule has 3 aromatic rings. The molecule has 3 aromatic carbocycles. The summed E-state index contributed by atoms with van der Waals surface area (Å²) in [6, 6.07) is 23.6. The molecule has 0 heterocycles. The maximum atomic E-state index is 11.5. The third kappa shape index (κ3) is 4.84. The highest BCUT2D eigenvalue weighted by molar-refractivity contribution is 7.90. The van der Waals surface area contributed by atoms with E-state index < -0.39 is 9.84 Å². The SMILES string of the molecule is CS(=O)(=O)c1ccc(Oc2cccc(OCc3ccccc3)c2)cc1. The quantitative estimate of drug-likeness (QED) is 0.656. The summed E-state index contributed by atoms with van der Waals surface area (Å²) in [5.74, 6) is 1.89. The lowest BCUT2D eigenvalue weighted by Gasteiger charge is -2.10. The van der Waals surface area contributed by atoms with Crippen molar-refractivity contribution in [2.45, 2.75) is 11.5 Å². The predicted molar refractivity (Wildman–Crippen MR) is 96.8 cm³/mol. The summed E-state index contributed by atoms with van der Waals surface area (Å²) in [4.78, 5) is 0.264. The van der Waals surface area contributed by atoms with Crippen LogP contribution in [0, 0.1) is 0 Å². The van der Waals surface area contributed by atoms with Gasteiger partial charge in [-0.1, -0.05) is 36.4 Å². The van der Waals surface area contributed by atoms with E-state index in [9.17, 15) is 8.42 Å². The molecule has 0 unspecified atom stereocenters. The number of hydrogen-bond donors (Lipinski definition) is 0. The second-order valence-corrected chi connectivity index (χ2v) is 7.61. The smallest absolute Gasteiger partial charge is 0.175 e. The van der Waals surface area contributed by atoms with Crippen LogP contribution in [0.15, 0.2) is 83.8 Å². The molecule has 5 heteroatoms. The Labute approximate surface area is 147 Å². The van der Waals surface area contributed by atoms with Crippen molar-refractivity contribution >= 4 is 9.84 Å². The van der Waals surface area contributed by atoms with Gasteiger partial charge in [-0.25, -0.2) is 8.42 Å². The van der Waals surface area contributed by atoms with Gasteiger partial charge in [0.2, 0.25) is 0 Å². The molecule has 0 aliphatic rings. The zero-order valence-corrected chi connectivity index (χ0v) is 14.6. The largest absolute Gasteiger partial charge is 0.489 e.